The molecule has 20 heavy (non-hydrogen) atoms. The molecular weight excluding hydrogens is 268 g/mol. The van der Waals surface area contributed by atoms with Gasteiger partial charge in [-0.3, -0.25) is 25.9 Å². The van der Waals surface area contributed by atoms with Crippen LogP contribution in [0.15, 0.2) is 0 Å². The van der Waals surface area contributed by atoms with Crippen molar-refractivity contribution in [2.75, 3.05) is 13.5 Å². The van der Waals surface area contributed by atoms with Gasteiger partial charge in [0.2, 0.25) is 0 Å². The normalized spacial score (nSPS) is 12.4. The molecule has 4 N–H and O–H groups in total. The zero-order valence-corrected chi connectivity index (χ0v) is 12.0. The molecule has 0 rings (SSSR count). The van der Waals surface area contributed by atoms with Crippen LogP contribution in [-0.4, -0.2) is 37.0 Å². The van der Waals surface area contributed by atoms with E-state index in [2.05, 4.69) is 9.47 Å². The number of hydrogen-bond donors (Lipinski definition) is 2. The molecule has 0 radical (unpaired) electrons. The Morgan fingerprint density at radius 2 is 1.55 bits per heavy atom. The van der Waals surface area contributed by atoms with E-state index in [1.807, 2.05) is 0 Å². The molecule has 116 valence electrons. The maximum absolute atomic E-state index is 11.9. The fourth-order valence-corrected chi connectivity index (χ4v) is 1.31. The Hall–Kier alpha value is -1.67. The van der Waals surface area contributed by atoms with E-state index < -0.39 is 29.4 Å². The second-order valence-electron chi connectivity index (χ2n) is 4.94. The van der Waals surface area contributed by atoms with Gasteiger partial charge in [-0.15, -0.1) is 0 Å². The molecule has 1 atom stereocenters. The van der Waals surface area contributed by atoms with Crippen molar-refractivity contribution >= 4 is 17.9 Å². The molecule has 0 amide bonds. The predicted octanol–water partition coefficient (Wildman–Crippen LogP) is -0.357. The van der Waals surface area contributed by atoms with Crippen molar-refractivity contribution in [2.45, 2.75) is 39.2 Å². The summed E-state index contributed by atoms with van der Waals surface area (Å²) in [5, 5.41) is 0. The molecule has 0 aromatic carbocycles. The third kappa shape index (κ3) is 7.70. The van der Waals surface area contributed by atoms with Crippen LogP contribution in [0.25, 0.3) is 0 Å². The summed E-state index contributed by atoms with van der Waals surface area (Å²) in [5.41, 5.74) is 9.38. The van der Waals surface area contributed by atoms with Gasteiger partial charge in [0.25, 0.3) is 0 Å². The van der Waals surface area contributed by atoms with Crippen LogP contribution in [0.2, 0.25) is 0 Å². The highest BCUT2D eigenvalue weighted by molar-refractivity contribution is 5.95. The minimum atomic E-state index is -1.22. The highest BCUT2D eigenvalue weighted by atomic mass is 16.6. The van der Waals surface area contributed by atoms with Gasteiger partial charge >= 0.3 is 17.9 Å². The van der Waals surface area contributed by atoms with Crippen LogP contribution in [-0.2, 0) is 28.6 Å². The van der Waals surface area contributed by atoms with Gasteiger partial charge in [-0.25, -0.2) is 0 Å². The minimum Gasteiger partial charge on any atom is -0.459 e. The number of rotatable bonds is 7. The standard InChI is InChI=1S/C12H22N2O6/c1-12(2,3)20-11(17)8(10(16)19-7-14)4-5-9(15)18-6-13/h8H,4-7,13-14H2,1-3H3/t8-/m0/s1. The van der Waals surface area contributed by atoms with Gasteiger partial charge in [0.05, 0.1) is 0 Å². The molecule has 0 aromatic rings. The van der Waals surface area contributed by atoms with Crippen LogP contribution >= 0.6 is 0 Å². The molecule has 0 bridgehead atoms. The van der Waals surface area contributed by atoms with E-state index in [1.54, 1.807) is 20.8 Å². The number of nitrogens with two attached hydrogens (primary N) is 2. The van der Waals surface area contributed by atoms with E-state index in [0.717, 1.165) is 0 Å². The SMILES string of the molecule is CC(C)(C)OC(=O)[C@@H](CCC(=O)OCN)C(=O)OCN. The van der Waals surface area contributed by atoms with Gasteiger partial charge in [0.1, 0.15) is 19.1 Å². The lowest BCUT2D eigenvalue weighted by molar-refractivity contribution is -0.169. The van der Waals surface area contributed by atoms with Gasteiger partial charge in [-0.2, -0.15) is 0 Å². The molecule has 0 heterocycles. The number of carbonyl (C=O) groups excluding carboxylic acids is 3. The van der Waals surface area contributed by atoms with E-state index in [1.165, 1.54) is 0 Å². The van der Waals surface area contributed by atoms with Gasteiger partial charge < -0.3 is 14.2 Å². The lowest BCUT2D eigenvalue weighted by Gasteiger charge is -2.22. The summed E-state index contributed by atoms with van der Waals surface area (Å²) in [6.07, 6.45) is -0.243. The summed E-state index contributed by atoms with van der Waals surface area (Å²) in [5.74, 6) is -3.43. The quantitative estimate of drug-likeness (QED) is 0.281. The number of hydrogen-bond acceptors (Lipinski definition) is 8. The molecule has 0 saturated heterocycles. The van der Waals surface area contributed by atoms with Crippen LogP contribution in [0.5, 0.6) is 0 Å². The fraction of sp³-hybridized carbons (Fsp3) is 0.750. The van der Waals surface area contributed by atoms with Crippen LogP contribution in [0.4, 0.5) is 0 Å². The summed E-state index contributed by atoms with van der Waals surface area (Å²) < 4.78 is 14.2. The molecule has 0 spiro atoms. The molecule has 0 aliphatic rings. The average molecular weight is 290 g/mol. The summed E-state index contributed by atoms with van der Waals surface area (Å²) in [7, 11) is 0. The van der Waals surface area contributed by atoms with Gasteiger partial charge in [0.15, 0.2) is 5.92 Å². The summed E-state index contributed by atoms with van der Waals surface area (Å²) in [6, 6.07) is 0. The molecule has 8 nitrogen and oxygen atoms in total. The van der Waals surface area contributed by atoms with Crippen molar-refractivity contribution in [1.29, 1.82) is 0 Å². The van der Waals surface area contributed by atoms with E-state index in [0.29, 0.717) is 0 Å². The monoisotopic (exact) mass is 290 g/mol. The lowest BCUT2D eigenvalue weighted by atomic mass is 10.0. The average Bonchev–Trinajstić information content (AvgIpc) is 2.27. The zero-order valence-electron chi connectivity index (χ0n) is 12.0. The summed E-state index contributed by atoms with van der Waals surface area (Å²) >= 11 is 0. The smallest absolute Gasteiger partial charge is 0.321 e. The van der Waals surface area contributed by atoms with Crippen molar-refractivity contribution in [2.24, 2.45) is 17.4 Å². The fourth-order valence-electron chi connectivity index (χ4n) is 1.31. The van der Waals surface area contributed by atoms with E-state index in [-0.39, 0.29) is 26.3 Å². The maximum Gasteiger partial charge on any atom is 0.321 e. The maximum atomic E-state index is 11.9. The first kappa shape index (κ1) is 18.3. The molecule has 0 aliphatic heterocycles. The molecule has 0 unspecified atom stereocenters. The Morgan fingerprint density at radius 1 is 1.00 bits per heavy atom. The lowest BCUT2D eigenvalue weighted by Crippen LogP contribution is -2.35. The zero-order chi connectivity index (χ0) is 15.8. The molecule has 8 heteroatoms. The first-order valence-corrected chi connectivity index (χ1v) is 6.16. The highest BCUT2D eigenvalue weighted by Crippen LogP contribution is 2.17. The number of ether oxygens (including phenoxy) is 3. The van der Waals surface area contributed by atoms with E-state index in [4.69, 9.17) is 16.2 Å². The van der Waals surface area contributed by atoms with Gasteiger partial charge in [-0.05, 0) is 27.2 Å². The summed E-state index contributed by atoms with van der Waals surface area (Å²) in [4.78, 5) is 34.8. The third-order valence-corrected chi connectivity index (χ3v) is 2.08. The largest absolute Gasteiger partial charge is 0.459 e. The van der Waals surface area contributed by atoms with Crippen molar-refractivity contribution in [3.8, 4) is 0 Å². The Labute approximate surface area is 117 Å². The van der Waals surface area contributed by atoms with Crippen molar-refractivity contribution in [3.05, 3.63) is 0 Å². The van der Waals surface area contributed by atoms with Crippen LogP contribution in [0.1, 0.15) is 33.6 Å². The Balaban J connectivity index is 4.68. The molecule has 0 aliphatic carbocycles. The highest BCUT2D eigenvalue weighted by Gasteiger charge is 2.33. The van der Waals surface area contributed by atoms with Gasteiger partial charge in [-0.1, -0.05) is 0 Å². The Bertz CT molecular complexity index is 350. The van der Waals surface area contributed by atoms with Crippen molar-refractivity contribution in [1.82, 2.24) is 0 Å². The minimum absolute atomic E-state index is 0.0907. The first-order chi connectivity index (χ1) is 9.21. The number of esters is 3. The van der Waals surface area contributed by atoms with E-state index in [9.17, 15) is 14.4 Å². The molecule has 0 fully saturated rings. The molecule has 0 aromatic heterocycles. The molecular formula is C12H22N2O6. The van der Waals surface area contributed by atoms with Crippen LogP contribution in [0.3, 0.4) is 0 Å². The topological polar surface area (TPSA) is 131 Å². The van der Waals surface area contributed by atoms with Crippen molar-refractivity contribution in [3.63, 3.8) is 0 Å². The Kier molecular flexibility index (Phi) is 7.78. The van der Waals surface area contributed by atoms with Crippen molar-refractivity contribution < 1.29 is 28.6 Å². The first-order valence-electron chi connectivity index (χ1n) is 6.16. The third-order valence-electron chi connectivity index (χ3n) is 2.08. The Morgan fingerprint density at radius 3 is 2.00 bits per heavy atom. The number of carbonyl (C=O) groups is 3. The molecule has 0 saturated carbocycles. The second kappa shape index (κ2) is 8.49. The van der Waals surface area contributed by atoms with Crippen LogP contribution < -0.4 is 11.5 Å². The van der Waals surface area contributed by atoms with E-state index >= 15 is 0 Å². The van der Waals surface area contributed by atoms with Gasteiger partial charge in [0, 0.05) is 6.42 Å². The summed E-state index contributed by atoms with van der Waals surface area (Å²) in [6.45, 7) is 4.38. The van der Waals surface area contributed by atoms with Crippen LogP contribution in [0, 0.1) is 5.92 Å². The predicted molar refractivity (Wildman–Crippen MR) is 68.9 cm³/mol. The second-order valence-corrected chi connectivity index (χ2v) is 4.94.